The van der Waals surface area contributed by atoms with Crippen LogP contribution in [0.1, 0.15) is 283 Å². The Bertz CT molecular complexity index is 1520. The quantitative estimate of drug-likeness (QED) is 0.0329. The maximum absolute atomic E-state index is 4.56. The van der Waals surface area contributed by atoms with Crippen molar-refractivity contribution < 1.29 is 586 Å². The Balaban J connectivity index is -0.0000000340. The van der Waals surface area contributed by atoms with E-state index in [0.717, 1.165) is 85.4 Å². The average Bonchev–Trinajstić information content (AvgIpc) is 0.697. The van der Waals surface area contributed by atoms with Crippen LogP contribution in [0.15, 0.2) is 0 Å². The van der Waals surface area contributed by atoms with Crippen LogP contribution in [0.25, 0.3) is 0 Å². The molecule has 3 saturated carbocycles. The maximum atomic E-state index is 4.56. The van der Waals surface area contributed by atoms with Crippen molar-refractivity contribution >= 4 is 253 Å². The van der Waals surface area contributed by atoms with Crippen molar-refractivity contribution in [2.75, 3.05) is 0 Å². The Kier molecular flexibility index (Phi) is 286. The van der Waals surface area contributed by atoms with Crippen LogP contribution in [0, 0.1) is 216 Å². The van der Waals surface area contributed by atoms with Crippen LogP contribution < -0.4 is 482 Å². The molecular formula is C90H187Cr6Cs7S20. The fourth-order valence-electron chi connectivity index (χ4n) is 7.36. The van der Waals surface area contributed by atoms with E-state index in [1.807, 2.05) is 90.2 Å². The Morgan fingerprint density at radius 3 is 0.821 bits per heavy atom. The molecule has 0 aliphatic heterocycles. The molecule has 0 nitrogen and oxygen atoms in total. The summed E-state index contributed by atoms with van der Waals surface area (Å²) >= 11 is 83.1. The molecule has 0 radical (unpaired) electrons. The van der Waals surface area contributed by atoms with Gasteiger partial charge in [0.1, 0.15) is 0 Å². The predicted octanol–water partition coefficient (Wildman–Crippen LogP) is 12.1. The van der Waals surface area contributed by atoms with E-state index in [4.69, 9.17) is 0 Å². The minimum Gasteiger partial charge on any atom is -0.371 e. The van der Waals surface area contributed by atoms with E-state index >= 15 is 0 Å². The van der Waals surface area contributed by atoms with Gasteiger partial charge in [0, 0.05) is 26.2 Å². The molecule has 33 heteroatoms. The van der Waals surface area contributed by atoms with Gasteiger partial charge < -0.3 is 182 Å². The van der Waals surface area contributed by atoms with E-state index in [2.05, 4.69) is 453 Å². The standard InChI is InChI=1S/2C8H16S2.C8H17S2.C8H16S.C6H13S.C6H13.C5H10S3.C5H10S2.2C5H11S.2C5H11.C4H8S2.3C4H8S.6Cr.7Cs/c1-5-3-7(9)4-6(2)8(5)10;1-5-3-4-7(9)6(2)8(5)10;1-4-6(2)8(10)7(3)5-9;1-6-3-7(2)5-8(9)4-6;1-4-5(2)6(3)7;1-4-6(3)5-2;1-4(2-6)5(8)3-7;1-4(3-6)5(2)7;1-5(2)3-4-6;1-4(2)5(3)6;2*1-4-5(2)3;1-2-4(6)3-5;2*1-3-4(2)5;1-2-3-4-5;;;;;;;;;;;;;/h2*5-10H,3-4H2,1-2H3;5-10H,4H2,1-3H3;6-9H,3-5H2,1-2H3;5-7H,3-4H2,1-2H3;6H,1,4-5H2,2-3H3;2-8H,1H3;3-7H,2H2,1H3;2*4-6H,3H2,1-2H3;2*5H,1,4H2,2-3H3;2-6H,1H3;2*3-5H,2H2,1H3;2,4-5H,3H2,1H3;;;;;;;;;;;;;/q;;-1;;2*-1;2*-2;4*-1;4*-2;6*+2;7*+1. The largest absolute Gasteiger partial charge is 2.00 e. The van der Waals surface area contributed by atoms with Crippen LogP contribution in [0.5, 0.6) is 0 Å². The first-order chi connectivity index (χ1) is 50.6. The maximum Gasteiger partial charge on any atom is 2.00 e. The first kappa shape index (κ1) is 214. The normalized spacial score (nSPS) is 21.2. The van der Waals surface area contributed by atoms with Gasteiger partial charge in [-0.3, -0.25) is 45.0 Å². The summed E-state index contributed by atoms with van der Waals surface area (Å²) in [6.07, 6.45) is 25.9. The molecule has 3 aliphatic rings. The molecule has 0 amide bonds. The van der Waals surface area contributed by atoms with E-state index in [1.165, 1.54) is 64.2 Å². The molecule has 3 rings (SSSR count). The Hall–Kier alpha value is 24.6. The van der Waals surface area contributed by atoms with Gasteiger partial charge in [-0.2, -0.15) is 141 Å². The molecule has 22 atom stereocenters. The van der Waals surface area contributed by atoms with Crippen LogP contribution in [-0.4, -0.2) is 68.2 Å². The fraction of sp³-hybridized carbons (Fsp3) is 0.789. The zero-order valence-electron chi connectivity index (χ0n) is 84.8. The van der Waals surface area contributed by atoms with Gasteiger partial charge in [-0.05, 0) is 91.6 Å². The van der Waals surface area contributed by atoms with Gasteiger partial charge >= 0.3 is 586 Å². The smallest absolute Gasteiger partial charge is 0.371 e. The molecule has 0 aromatic heterocycles. The van der Waals surface area contributed by atoms with E-state index in [1.54, 1.807) is 17.3 Å². The second-order valence-corrected chi connectivity index (χ2v) is 41.7. The third-order valence-corrected chi connectivity index (χ3v) is 28.4. The topological polar surface area (TPSA) is 0 Å². The fourth-order valence-corrected chi connectivity index (χ4v) is 12.6. The number of rotatable bonds is 24. The van der Waals surface area contributed by atoms with Gasteiger partial charge in [0.05, 0.1) is 0 Å². The molecule has 22 unspecified atom stereocenters. The van der Waals surface area contributed by atoms with Gasteiger partial charge in [-0.25, -0.2) is 93.7 Å². The first-order valence-corrected chi connectivity index (χ1v) is 50.8. The van der Waals surface area contributed by atoms with E-state index in [9.17, 15) is 0 Å². The first-order valence-electron chi connectivity index (χ1n) is 40.5. The molecule has 0 N–H and O–H groups in total. The number of hydrogen-bond donors (Lipinski definition) is 20. The van der Waals surface area contributed by atoms with Crippen molar-refractivity contribution in [1.29, 1.82) is 0 Å². The summed E-state index contributed by atoms with van der Waals surface area (Å²) in [5, 5.41) is 5.17. The van der Waals surface area contributed by atoms with Crippen molar-refractivity contribution in [3.8, 4) is 0 Å². The average molecular weight is 3150 g/mol. The van der Waals surface area contributed by atoms with Gasteiger partial charge in [-0.1, -0.05) is 214 Å². The summed E-state index contributed by atoms with van der Waals surface area (Å²) in [6.45, 7) is 87.5. The summed E-state index contributed by atoms with van der Waals surface area (Å²) in [5.41, 5.74) is 0. The molecule has 0 spiro atoms. The summed E-state index contributed by atoms with van der Waals surface area (Å²) in [5.74, 6) is 23.9. The van der Waals surface area contributed by atoms with Crippen LogP contribution in [-0.2, 0) is 104 Å². The molecule has 0 aromatic rings. The van der Waals surface area contributed by atoms with Crippen LogP contribution in [0.2, 0.25) is 0 Å². The van der Waals surface area contributed by atoms with Gasteiger partial charge in [0.2, 0.25) is 0 Å². The number of unbranched alkanes of at least 4 members (excludes halogenated alkanes) is 1. The van der Waals surface area contributed by atoms with Gasteiger partial charge in [0.25, 0.3) is 0 Å². The van der Waals surface area contributed by atoms with Crippen LogP contribution in [0.3, 0.4) is 0 Å². The minimum absolute atomic E-state index is 0. The second-order valence-electron chi connectivity index (χ2n) is 31.1. The summed E-state index contributed by atoms with van der Waals surface area (Å²) in [6, 6.07) is 0. The zero-order chi connectivity index (χ0) is 90.1. The van der Waals surface area contributed by atoms with Crippen molar-refractivity contribution in [2.24, 2.45) is 94.7 Å². The van der Waals surface area contributed by atoms with Crippen molar-refractivity contribution in [3.63, 3.8) is 0 Å². The third-order valence-electron chi connectivity index (χ3n) is 17.6. The monoisotopic (exact) mass is 3150 g/mol. The van der Waals surface area contributed by atoms with Crippen LogP contribution in [0.4, 0.5) is 0 Å². The third kappa shape index (κ3) is 191. The second kappa shape index (κ2) is 164. The minimum atomic E-state index is 0. The SMILES string of the molecule is CC(C)C[CH-]S.CC([CH-]S)C(S)[CH-]S.CC1CC(C)CC(S)C1.CC1CC(S)CC(C)C1S.CC1CCC(S)C(C)C1S.CCC(C)C(S)C(C)[CH-]S.C[CH-]C(S)[CH-]S.C[CH-]C[CH-]S.[CH2-]C(S)C(C)C.[CH2-]C(S)C(C)CC.[CH2-]C(S)C(C)[CH-]S.[CH2-]C(S)[CH-]C.[CH2-]C(S)[CH-]C.[CH2-]CC(C)C.[CH2-]CC(C)C.[CH2-]CC(C)CC.[Cr+2].[Cr+2].[Cr+2].[Cr+2].[Cr+2].[Cr+2].[Cs+].[Cs+].[Cs+].[Cs+].[Cs+].[Cs+].[Cs+]. The zero-order valence-corrected chi connectivity index (χ0v) is 154. The Morgan fingerprint density at radius 2 is 0.691 bits per heavy atom. The predicted molar refractivity (Wildman–Crippen MR) is 597 cm³/mol. The van der Waals surface area contributed by atoms with E-state index in [0.29, 0.717) is 83.4 Å². The molecule has 0 heterocycles. The molecule has 0 aromatic carbocycles. The summed E-state index contributed by atoms with van der Waals surface area (Å²) < 4.78 is 0. The molecule has 3 aliphatic carbocycles. The molecule has 0 saturated heterocycles. The number of thiol groups is 20. The number of hydrogen-bond acceptors (Lipinski definition) is 20. The Labute approximate surface area is 1370 Å². The van der Waals surface area contributed by atoms with E-state index < -0.39 is 0 Å². The van der Waals surface area contributed by atoms with Gasteiger partial charge in [-0.15, -0.1) is 26.9 Å². The molecule has 0 bridgehead atoms. The van der Waals surface area contributed by atoms with Crippen molar-refractivity contribution in [2.45, 2.75) is 352 Å². The van der Waals surface area contributed by atoms with E-state index in [-0.39, 0.29) is 613 Å². The van der Waals surface area contributed by atoms with Crippen molar-refractivity contribution in [3.05, 3.63) is 121 Å². The molecule has 123 heavy (non-hydrogen) atoms. The summed E-state index contributed by atoms with van der Waals surface area (Å²) in [4.78, 5) is 0. The molecular weight excluding hydrogens is 2960 g/mol. The molecule has 3 fully saturated rings. The van der Waals surface area contributed by atoms with Crippen molar-refractivity contribution in [1.82, 2.24) is 0 Å². The van der Waals surface area contributed by atoms with Crippen LogP contribution >= 0.6 is 253 Å². The molecule has 710 valence electrons. The Morgan fingerprint density at radius 1 is 0.366 bits per heavy atom. The van der Waals surface area contributed by atoms with Gasteiger partial charge in [0.15, 0.2) is 0 Å². The summed E-state index contributed by atoms with van der Waals surface area (Å²) in [7, 11) is 0.